The first-order chi connectivity index (χ1) is 8.53. The summed E-state index contributed by atoms with van der Waals surface area (Å²) < 4.78 is 27.2. The number of H-pyrrole nitrogens is 1. The van der Waals surface area contributed by atoms with Gasteiger partial charge >= 0.3 is 0 Å². The fourth-order valence-electron chi connectivity index (χ4n) is 2.50. The Morgan fingerprint density at radius 2 is 2.33 bits per heavy atom. The third kappa shape index (κ3) is 2.90. The standard InChI is InChI=1S/C11H20N4O2S/c1-8-3-2-4-10(5-8)15-18(16,17)11-9(6-12)7-13-14-11/h7-8,10,15H,2-6,12H2,1H3,(H,13,14). The Bertz CT molecular complexity index is 497. The molecule has 0 aromatic carbocycles. The summed E-state index contributed by atoms with van der Waals surface area (Å²) in [6.45, 7) is 2.32. The van der Waals surface area contributed by atoms with Crippen LogP contribution in [-0.2, 0) is 16.6 Å². The molecule has 2 unspecified atom stereocenters. The van der Waals surface area contributed by atoms with Gasteiger partial charge in [0.2, 0.25) is 0 Å². The van der Waals surface area contributed by atoms with Crippen LogP contribution < -0.4 is 10.5 Å². The zero-order chi connectivity index (χ0) is 13.2. The van der Waals surface area contributed by atoms with Crippen LogP contribution in [0.3, 0.4) is 0 Å². The zero-order valence-electron chi connectivity index (χ0n) is 10.5. The van der Waals surface area contributed by atoms with Gasteiger partial charge < -0.3 is 5.73 Å². The van der Waals surface area contributed by atoms with Gasteiger partial charge in [0.05, 0.1) is 6.20 Å². The highest BCUT2D eigenvalue weighted by Gasteiger charge is 2.27. The first-order valence-electron chi connectivity index (χ1n) is 6.27. The number of nitrogens with two attached hydrogens (primary N) is 1. The predicted molar refractivity (Wildman–Crippen MR) is 68.2 cm³/mol. The number of rotatable bonds is 4. The summed E-state index contributed by atoms with van der Waals surface area (Å²) in [6, 6.07) is 0.0210. The summed E-state index contributed by atoms with van der Waals surface area (Å²) >= 11 is 0. The molecule has 6 nitrogen and oxygen atoms in total. The van der Waals surface area contributed by atoms with Gasteiger partial charge in [-0.3, -0.25) is 5.10 Å². The summed E-state index contributed by atoms with van der Waals surface area (Å²) in [5.74, 6) is 0.571. The molecule has 18 heavy (non-hydrogen) atoms. The van der Waals surface area contributed by atoms with Gasteiger partial charge in [-0.05, 0) is 18.8 Å². The van der Waals surface area contributed by atoms with E-state index < -0.39 is 10.0 Å². The summed E-state index contributed by atoms with van der Waals surface area (Å²) in [5.41, 5.74) is 6.01. The molecule has 2 atom stereocenters. The van der Waals surface area contributed by atoms with Gasteiger partial charge in [-0.2, -0.15) is 5.10 Å². The maximum Gasteiger partial charge on any atom is 0.258 e. The molecule has 1 saturated carbocycles. The lowest BCUT2D eigenvalue weighted by atomic mass is 9.88. The van der Waals surface area contributed by atoms with E-state index in [0.29, 0.717) is 11.5 Å². The van der Waals surface area contributed by atoms with Crippen molar-refractivity contribution >= 4 is 10.0 Å². The van der Waals surface area contributed by atoms with Crippen molar-refractivity contribution in [2.45, 2.75) is 50.2 Å². The van der Waals surface area contributed by atoms with E-state index >= 15 is 0 Å². The van der Waals surface area contributed by atoms with E-state index in [-0.39, 0.29) is 17.6 Å². The Labute approximate surface area is 107 Å². The minimum atomic E-state index is -3.53. The first kappa shape index (κ1) is 13.5. The molecule has 1 aromatic rings. The van der Waals surface area contributed by atoms with Gasteiger partial charge in [-0.15, -0.1) is 0 Å². The Morgan fingerprint density at radius 3 is 3.00 bits per heavy atom. The van der Waals surface area contributed by atoms with E-state index in [9.17, 15) is 8.42 Å². The van der Waals surface area contributed by atoms with Gasteiger partial charge in [0.1, 0.15) is 0 Å². The first-order valence-corrected chi connectivity index (χ1v) is 7.76. The highest BCUT2D eigenvalue weighted by molar-refractivity contribution is 7.89. The molecular weight excluding hydrogens is 252 g/mol. The molecule has 0 bridgehead atoms. The maximum atomic E-state index is 12.2. The summed E-state index contributed by atoms with van der Waals surface area (Å²) in [7, 11) is -3.53. The van der Waals surface area contributed by atoms with Crippen molar-refractivity contribution in [1.82, 2.24) is 14.9 Å². The van der Waals surface area contributed by atoms with Crippen LogP contribution in [0.4, 0.5) is 0 Å². The summed E-state index contributed by atoms with van der Waals surface area (Å²) in [5, 5.41) is 6.36. The fourth-order valence-corrected chi connectivity index (χ4v) is 3.92. The van der Waals surface area contributed by atoms with Crippen molar-refractivity contribution in [3.05, 3.63) is 11.8 Å². The smallest absolute Gasteiger partial charge is 0.258 e. The van der Waals surface area contributed by atoms with Crippen molar-refractivity contribution in [3.8, 4) is 0 Å². The van der Waals surface area contributed by atoms with E-state index in [1.165, 1.54) is 12.6 Å². The highest BCUT2D eigenvalue weighted by Crippen LogP contribution is 2.25. The average molecular weight is 272 g/mol. The van der Waals surface area contributed by atoms with Gasteiger partial charge in [-0.25, -0.2) is 13.1 Å². The molecule has 1 heterocycles. The van der Waals surface area contributed by atoms with Gasteiger partial charge in [0, 0.05) is 18.2 Å². The molecule has 4 N–H and O–H groups in total. The van der Waals surface area contributed by atoms with Gasteiger partial charge in [-0.1, -0.05) is 19.8 Å². The number of hydrogen-bond acceptors (Lipinski definition) is 4. The number of aromatic amines is 1. The fraction of sp³-hybridized carbons (Fsp3) is 0.727. The molecule has 1 aliphatic rings. The third-order valence-electron chi connectivity index (χ3n) is 3.42. The Kier molecular flexibility index (Phi) is 4.04. The largest absolute Gasteiger partial charge is 0.326 e. The van der Waals surface area contributed by atoms with Crippen LogP contribution in [0.5, 0.6) is 0 Å². The summed E-state index contributed by atoms with van der Waals surface area (Å²) in [6.07, 6.45) is 5.50. The lowest BCUT2D eigenvalue weighted by molar-refractivity contribution is 0.327. The van der Waals surface area contributed by atoms with E-state index in [4.69, 9.17) is 5.73 Å². The number of nitrogens with one attached hydrogen (secondary N) is 2. The molecule has 0 aliphatic heterocycles. The lowest BCUT2D eigenvalue weighted by Gasteiger charge is -2.27. The zero-order valence-corrected chi connectivity index (χ0v) is 11.3. The van der Waals surface area contributed by atoms with Crippen LogP contribution >= 0.6 is 0 Å². The van der Waals surface area contributed by atoms with Crippen LogP contribution in [0.15, 0.2) is 11.2 Å². The van der Waals surface area contributed by atoms with Crippen LogP contribution in [0.2, 0.25) is 0 Å². The second kappa shape index (κ2) is 5.38. The van der Waals surface area contributed by atoms with Crippen molar-refractivity contribution < 1.29 is 8.42 Å². The van der Waals surface area contributed by atoms with E-state index in [1.807, 2.05) is 0 Å². The van der Waals surface area contributed by atoms with Gasteiger partial charge in [0.15, 0.2) is 5.03 Å². The Balaban J connectivity index is 2.12. The number of nitrogens with zero attached hydrogens (tertiary/aromatic N) is 1. The van der Waals surface area contributed by atoms with E-state index in [1.54, 1.807) is 0 Å². The molecule has 0 spiro atoms. The average Bonchev–Trinajstić information content (AvgIpc) is 2.77. The Hall–Kier alpha value is -0.920. The third-order valence-corrected chi connectivity index (χ3v) is 4.96. The van der Waals surface area contributed by atoms with E-state index in [2.05, 4.69) is 21.8 Å². The normalized spacial score (nSPS) is 25.2. The molecule has 1 aromatic heterocycles. The molecule has 102 valence electrons. The van der Waals surface area contributed by atoms with Crippen LogP contribution in [0.25, 0.3) is 0 Å². The SMILES string of the molecule is CC1CCCC(NS(=O)(=O)c2[nH]ncc2CN)C1. The molecule has 0 radical (unpaired) electrons. The van der Waals surface area contributed by atoms with Crippen molar-refractivity contribution in [2.24, 2.45) is 11.7 Å². The molecule has 0 amide bonds. The quantitative estimate of drug-likeness (QED) is 0.752. The van der Waals surface area contributed by atoms with Crippen molar-refractivity contribution in [1.29, 1.82) is 0 Å². The maximum absolute atomic E-state index is 12.2. The van der Waals surface area contributed by atoms with E-state index in [0.717, 1.165) is 19.3 Å². The van der Waals surface area contributed by atoms with Crippen molar-refractivity contribution in [3.63, 3.8) is 0 Å². The highest BCUT2D eigenvalue weighted by atomic mass is 32.2. The van der Waals surface area contributed by atoms with Crippen LogP contribution in [0, 0.1) is 5.92 Å². The van der Waals surface area contributed by atoms with Crippen molar-refractivity contribution in [2.75, 3.05) is 0 Å². The van der Waals surface area contributed by atoms with Crippen LogP contribution in [-0.4, -0.2) is 24.7 Å². The molecule has 7 heteroatoms. The molecule has 0 saturated heterocycles. The monoisotopic (exact) mass is 272 g/mol. The minimum absolute atomic E-state index is 0.0210. The summed E-state index contributed by atoms with van der Waals surface area (Å²) in [4.78, 5) is 0. The molecule has 2 rings (SSSR count). The lowest BCUT2D eigenvalue weighted by Crippen LogP contribution is -2.38. The topological polar surface area (TPSA) is 101 Å². The molecular formula is C11H20N4O2S. The number of sulfonamides is 1. The second-order valence-corrected chi connectivity index (χ2v) is 6.67. The number of aromatic nitrogens is 2. The minimum Gasteiger partial charge on any atom is -0.326 e. The molecule has 1 aliphatic carbocycles. The Morgan fingerprint density at radius 1 is 1.56 bits per heavy atom. The number of hydrogen-bond donors (Lipinski definition) is 3. The van der Waals surface area contributed by atoms with Gasteiger partial charge in [0.25, 0.3) is 10.0 Å². The molecule has 1 fully saturated rings. The van der Waals surface area contributed by atoms with Crippen LogP contribution in [0.1, 0.15) is 38.2 Å². The second-order valence-electron chi connectivity index (χ2n) is 5.02. The predicted octanol–water partition coefficient (Wildman–Crippen LogP) is 0.725.